The van der Waals surface area contributed by atoms with Gasteiger partial charge in [0.25, 0.3) is 0 Å². The molecule has 2 heterocycles. The van der Waals surface area contributed by atoms with E-state index in [2.05, 4.69) is 32.7 Å². The molecule has 1 atom stereocenters. The Labute approximate surface area is 115 Å². The quantitative estimate of drug-likeness (QED) is 0.807. The summed E-state index contributed by atoms with van der Waals surface area (Å²) in [7, 11) is 0. The normalized spacial score (nSPS) is 16.5. The van der Waals surface area contributed by atoms with E-state index in [-0.39, 0.29) is 0 Å². The van der Waals surface area contributed by atoms with Crippen LogP contribution in [0, 0.1) is 0 Å². The maximum absolute atomic E-state index is 5.52. The van der Waals surface area contributed by atoms with E-state index in [1.807, 2.05) is 11.6 Å². The lowest BCUT2D eigenvalue weighted by Crippen LogP contribution is -2.15. The Morgan fingerprint density at radius 1 is 1.47 bits per heavy atom. The number of hydrogen-bond donors (Lipinski definition) is 2. The monoisotopic (exact) mass is 279 g/mol. The molecule has 0 aromatic carbocycles. The van der Waals surface area contributed by atoms with Gasteiger partial charge in [-0.15, -0.1) is 16.4 Å². The molecule has 3 rings (SSSR count). The van der Waals surface area contributed by atoms with Crippen molar-refractivity contribution in [3.63, 3.8) is 0 Å². The molecule has 1 unspecified atom stereocenters. The van der Waals surface area contributed by atoms with E-state index in [1.165, 1.54) is 12.8 Å². The number of aromatic nitrogens is 3. The number of nitrogens with zero attached hydrogens (tertiary/aromatic N) is 3. The molecule has 2 N–H and O–H groups in total. The van der Waals surface area contributed by atoms with Crippen molar-refractivity contribution >= 4 is 17.4 Å². The molecular formula is C12H17N5OS. The average molecular weight is 279 g/mol. The summed E-state index contributed by atoms with van der Waals surface area (Å²) in [6.07, 6.45) is 4.33. The maximum Gasteiger partial charge on any atom is 0.315 e. The highest BCUT2D eigenvalue weighted by atomic mass is 32.1. The Bertz CT molecular complexity index is 508. The van der Waals surface area contributed by atoms with Crippen molar-refractivity contribution in [1.29, 1.82) is 0 Å². The van der Waals surface area contributed by atoms with E-state index in [1.54, 1.807) is 11.3 Å². The summed E-state index contributed by atoms with van der Waals surface area (Å²) >= 11 is 1.66. The highest BCUT2D eigenvalue weighted by molar-refractivity contribution is 7.09. The first-order valence-electron chi connectivity index (χ1n) is 6.50. The van der Waals surface area contributed by atoms with Crippen LogP contribution in [-0.2, 0) is 6.54 Å². The predicted molar refractivity (Wildman–Crippen MR) is 73.2 cm³/mol. The van der Waals surface area contributed by atoms with Crippen LogP contribution in [0.5, 0.6) is 0 Å². The van der Waals surface area contributed by atoms with Crippen molar-refractivity contribution in [2.24, 2.45) is 0 Å². The van der Waals surface area contributed by atoms with Crippen LogP contribution in [0.2, 0.25) is 0 Å². The maximum atomic E-state index is 5.52. The van der Waals surface area contributed by atoms with E-state index in [0.29, 0.717) is 30.4 Å². The number of thiazole rings is 1. The van der Waals surface area contributed by atoms with Crippen LogP contribution in [0.1, 0.15) is 36.6 Å². The molecule has 1 fully saturated rings. The smallest absolute Gasteiger partial charge is 0.315 e. The van der Waals surface area contributed by atoms with Crippen molar-refractivity contribution in [1.82, 2.24) is 20.5 Å². The highest BCUT2D eigenvalue weighted by Crippen LogP contribution is 2.20. The second-order valence-electron chi connectivity index (χ2n) is 4.81. The standard InChI is InChI=1S/C12H17N5OS/c1-8(11-13-4-5-19-11)6-15-12-17-16-10(18-12)7-14-9-2-3-9/h4-5,8-9,14H,2-3,6-7H2,1H3,(H,15,17). The minimum absolute atomic E-state index is 0.333. The average Bonchev–Trinajstić information content (AvgIpc) is 2.94. The van der Waals surface area contributed by atoms with Crippen molar-refractivity contribution in [2.75, 3.05) is 11.9 Å². The first kappa shape index (κ1) is 12.6. The van der Waals surface area contributed by atoms with E-state index < -0.39 is 0 Å². The lowest BCUT2D eigenvalue weighted by atomic mass is 10.2. The highest BCUT2D eigenvalue weighted by Gasteiger charge is 2.21. The van der Waals surface area contributed by atoms with Gasteiger partial charge in [-0.1, -0.05) is 12.0 Å². The van der Waals surface area contributed by atoms with Crippen molar-refractivity contribution < 1.29 is 4.42 Å². The molecule has 0 radical (unpaired) electrons. The van der Waals surface area contributed by atoms with Gasteiger partial charge >= 0.3 is 6.01 Å². The van der Waals surface area contributed by atoms with Gasteiger partial charge in [0, 0.05) is 30.1 Å². The van der Waals surface area contributed by atoms with Crippen LogP contribution in [0.3, 0.4) is 0 Å². The third-order valence-electron chi connectivity index (χ3n) is 3.02. The molecule has 0 bridgehead atoms. The topological polar surface area (TPSA) is 75.9 Å². The Hall–Kier alpha value is -1.47. The Balaban J connectivity index is 1.46. The summed E-state index contributed by atoms with van der Waals surface area (Å²) < 4.78 is 5.52. The summed E-state index contributed by atoms with van der Waals surface area (Å²) in [5.41, 5.74) is 0. The molecule has 1 aliphatic carbocycles. The van der Waals surface area contributed by atoms with Gasteiger partial charge in [0.05, 0.1) is 11.6 Å². The Morgan fingerprint density at radius 3 is 3.11 bits per heavy atom. The van der Waals surface area contributed by atoms with Gasteiger partial charge in [0.1, 0.15) is 0 Å². The van der Waals surface area contributed by atoms with Gasteiger partial charge in [-0.2, -0.15) is 0 Å². The largest absolute Gasteiger partial charge is 0.407 e. The molecule has 0 spiro atoms. The van der Waals surface area contributed by atoms with Crippen LogP contribution in [-0.4, -0.2) is 27.8 Å². The van der Waals surface area contributed by atoms with Crippen LogP contribution in [0.4, 0.5) is 6.01 Å². The van der Waals surface area contributed by atoms with E-state index in [9.17, 15) is 0 Å². The van der Waals surface area contributed by atoms with Gasteiger partial charge < -0.3 is 15.1 Å². The zero-order chi connectivity index (χ0) is 13.1. The Morgan fingerprint density at radius 2 is 2.37 bits per heavy atom. The fourth-order valence-corrected chi connectivity index (χ4v) is 2.42. The number of rotatable bonds is 7. The first-order valence-corrected chi connectivity index (χ1v) is 7.38. The van der Waals surface area contributed by atoms with Crippen molar-refractivity contribution in [3.05, 3.63) is 22.5 Å². The molecule has 0 saturated heterocycles. The van der Waals surface area contributed by atoms with Gasteiger partial charge in [-0.05, 0) is 12.8 Å². The molecule has 0 aliphatic heterocycles. The van der Waals surface area contributed by atoms with Crippen molar-refractivity contribution in [3.8, 4) is 0 Å². The van der Waals surface area contributed by atoms with Gasteiger partial charge in [-0.3, -0.25) is 0 Å². The minimum atomic E-state index is 0.333. The summed E-state index contributed by atoms with van der Waals surface area (Å²) in [5, 5.41) is 17.6. The van der Waals surface area contributed by atoms with E-state index in [0.717, 1.165) is 11.6 Å². The molecule has 2 aromatic rings. The predicted octanol–water partition coefficient (Wildman–Crippen LogP) is 1.99. The third kappa shape index (κ3) is 3.51. The number of hydrogen-bond acceptors (Lipinski definition) is 7. The molecule has 0 amide bonds. The second kappa shape index (κ2) is 5.66. The summed E-state index contributed by atoms with van der Waals surface area (Å²) in [6.45, 7) is 3.52. The fourth-order valence-electron chi connectivity index (χ4n) is 1.72. The zero-order valence-corrected chi connectivity index (χ0v) is 11.6. The lowest BCUT2D eigenvalue weighted by Gasteiger charge is -2.07. The van der Waals surface area contributed by atoms with Crippen LogP contribution < -0.4 is 10.6 Å². The molecule has 19 heavy (non-hydrogen) atoms. The SMILES string of the molecule is CC(CNc1nnc(CNC2CC2)o1)c1nccs1. The Kier molecular flexibility index (Phi) is 3.74. The van der Waals surface area contributed by atoms with Gasteiger partial charge in [-0.25, -0.2) is 4.98 Å². The molecule has 6 nitrogen and oxygen atoms in total. The molecule has 2 aromatic heterocycles. The van der Waals surface area contributed by atoms with Gasteiger partial charge in [0.2, 0.25) is 5.89 Å². The second-order valence-corrected chi connectivity index (χ2v) is 5.73. The number of anilines is 1. The molecular weight excluding hydrogens is 262 g/mol. The molecule has 7 heteroatoms. The minimum Gasteiger partial charge on any atom is -0.407 e. The third-order valence-corrected chi connectivity index (χ3v) is 4.03. The number of nitrogens with one attached hydrogen (secondary N) is 2. The fraction of sp³-hybridized carbons (Fsp3) is 0.583. The van der Waals surface area contributed by atoms with Gasteiger partial charge in [0.15, 0.2) is 0 Å². The van der Waals surface area contributed by atoms with Crippen LogP contribution in [0.25, 0.3) is 0 Å². The van der Waals surface area contributed by atoms with Crippen molar-refractivity contribution in [2.45, 2.75) is 38.3 Å². The zero-order valence-electron chi connectivity index (χ0n) is 10.8. The van der Waals surface area contributed by atoms with E-state index >= 15 is 0 Å². The molecule has 1 aliphatic rings. The lowest BCUT2D eigenvalue weighted by molar-refractivity contribution is 0.475. The summed E-state index contributed by atoms with van der Waals surface area (Å²) in [5.74, 6) is 0.969. The first-order chi connectivity index (χ1) is 9.31. The molecule has 1 saturated carbocycles. The summed E-state index contributed by atoms with van der Waals surface area (Å²) in [4.78, 5) is 4.29. The molecule has 102 valence electrons. The van der Waals surface area contributed by atoms with E-state index in [4.69, 9.17) is 4.42 Å². The van der Waals surface area contributed by atoms with Crippen LogP contribution in [0.15, 0.2) is 16.0 Å². The van der Waals surface area contributed by atoms with Crippen LogP contribution >= 0.6 is 11.3 Å². The summed E-state index contributed by atoms with van der Waals surface area (Å²) in [6, 6.07) is 1.13.